The molecular formula is C15H23N. The molecule has 1 aromatic carbocycles. The summed E-state index contributed by atoms with van der Waals surface area (Å²) < 4.78 is 0. The number of allylic oxidation sites excluding steroid dienone is 1. The van der Waals surface area contributed by atoms with Gasteiger partial charge in [-0.2, -0.15) is 0 Å². The van der Waals surface area contributed by atoms with E-state index >= 15 is 0 Å². The molecule has 0 heterocycles. The van der Waals surface area contributed by atoms with Gasteiger partial charge in [0.25, 0.3) is 0 Å². The van der Waals surface area contributed by atoms with Crippen molar-refractivity contribution in [2.75, 3.05) is 7.05 Å². The van der Waals surface area contributed by atoms with Crippen molar-refractivity contribution in [3.8, 4) is 0 Å². The minimum Gasteiger partial charge on any atom is -0.313 e. The first-order valence-electron chi connectivity index (χ1n) is 5.94. The molecule has 0 aromatic heterocycles. The van der Waals surface area contributed by atoms with Crippen LogP contribution in [-0.2, 0) is 0 Å². The average Bonchev–Trinajstić information content (AvgIpc) is 2.22. The van der Waals surface area contributed by atoms with E-state index in [-0.39, 0.29) is 0 Å². The Labute approximate surface area is 99.6 Å². The Bertz CT molecular complexity index is 345. The third kappa shape index (κ3) is 3.21. The van der Waals surface area contributed by atoms with E-state index in [0.717, 1.165) is 12.8 Å². The molecule has 0 aliphatic rings. The molecule has 0 amide bonds. The summed E-state index contributed by atoms with van der Waals surface area (Å²) in [6.45, 7) is 10.4. The molecule has 0 fully saturated rings. The summed E-state index contributed by atoms with van der Waals surface area (Å²) in [7, 11) is 2.04. The molecule has 0 radical (unpaired) electrons. The highest BCUT2D eigenvalue weighted by Gasteiger charge is 2.13. The van der Waals surface area contributed by atoms with E-state index in [1.165, 1.54) is 22.3 Å². The highest BCUT2D eigenvalue weighted by atomic mass is 14.9. The molecule has 1 aromatic rings. The molecule has 0 spiro atoms. The third-order valence-corrected chi connectivity index (χ3v) is 3.10. The van der Waals surface area contributed by atoms with Crippen LogP contribution in [0.3, 0.4) is 0 Å². The second-order valence-corrected chi connectivity index (χ2v) is 4.64. The summed E-state index contributed by atoms with van der Waals surface area (Å²) in [5.41, 5.74) is 5.46. The van der Waals surface area contributed by atoms with E-state index in [4.69, 9.17) is 0 Å². The van der Waals surface area contributed by atoms with Crippen LogP contribution in [0.15, 0.2) is 30.4 Å². The van der Waals surface area contributed by atoms with E-state index in [2.05, 4.69) is 50.9 Å². The van der Waals surface area contributed by atoms with E-state index in [9.17, 15) is 0 Å². The van der Waals surface area contributed by atoms with Crippen molar-refractivity contribution in [1.29, 1.82) is 0 Å². The van der Waals surface area contributed by atoms with Crippen LogP contribution in [0.1, 0.15) is 42.5 Å². The van der Waals surface area contributed by atoms with Gasteiger partial charge in [0.05, 0.1) is 0 Å². The van der Waals surface area contributed by atoms with Gasteiger partial charge in [-0.3, -0.25) is 0 Å². The Morgan fingerprint density at radius 2 is 1.88 bits per heavy atom. The number of rotatable bonds is 5. The van der Waals surface area contributed by atoms with Crippen molar-refractivity contribution in [3.63, 3.8) is 0 Å². The minimum atomic E-state index is 0.442. The zero-order chi connectivity index (χ0) is 12.1. The van der Waals surface area contributed by atoms with Gasteiger partial charge in [-0.15, -0.1) is 6.58 Å². The smallest absolute Gasteiger partial charge is 0.0325 e. The summed E-state index contributed by atoms with van der Waals surface area (Å²) in [5, 5.41) is 3.41. The summed E-state index contributed by atoms with van der Waals surface area (Å²) >= 11 is 0. The fourth-order valence-electron chi connectivity index (χ4n) is 2.20. The lowest BCUT2D eigenvalue weighted by atomic mass is 9.92. The molecule has 0 saturated heterocycles. The highest BCUT2D eigenvalue weighted by Crippen LogP contribution is 2.26. The average molecular weight is 217 g/mol. The SMILES string of the molecule is C=C(C)CCC(NC)c1c(C)cccc1C. The summed E-state index contributed by atoms with van der Waals surface area (Å²) in [6.07, 6.45) is 2.21. The maximum Gasteiger partial charge on any atom is 0.0325 e. The molecule has 1 rings (SSSR count). The number of benzene rings is 1. The van der Waals surface area contributed by atoms with Crippen LogP contribution in [0, 0.1) is 13.8 Å². The summed E-state index contributed by atoms with van der Waals surface area (Å²) in [5.74, 6) is 0. The summed E-state index contributed by atoms with van der Waals surface area (Å²) in [4.78, 5) is 0. The molecule has 0 aliphatic carbocycles. The topological polar surface area (TPSA) is 12.0 Å². The predicted molar refractivity (Wildman–Crippen MR) is 71.8 cm³/mol. The Kier molecular flexibility index (Phi) is 4.75. The number of nitrogens with one attached hydrogen (secondary N) is 1. The zero-order valence-electron chi connectivity index (χ0n) is 10.9. The third-order valence-electron chi connectivity index (χ3n) is 3.10. The molecule has 1 unspecified atom stereocenters. The fraction of sp³-hybridized carbons (Fsp3) is 0.467. The lowest BCUT2D eigenvalue weighted by Gasteiger charge is -2.21. The van der Waals surface area contributed by atoms with Crippen LogP contribution in [-0.4, -0.2) is 7.05 Å². The highest BCUT2D eigenvalue weighted by molar-refractivity contribution is 5.36. The Balaban J connectivity index is 2.90. The summed E-state index contributed by atoms with van der Waals surface area (Å²) in [6, 6.07) is 6.94. The molecule has 1 N–H and O–H groups in total. The first-order valence-corrected chi connectivity index (χ1v) is 5.94. The first kappa shape index (κ1) is 13.0. The van der Waals surface area contributed by atoms with Gasteiger partial charge < -0.3 is 5.32 Å². The lowest BCUT2D eigenvalue weighted by Crippen LogP contribution is -2.18. The second kappa shape index (κ2) is 5.86. The van der Waals surface area contributed by atoms with Gasteiger partial charge in [-0.25, -0.2) is 0 Å². The van der Waals surface area contributed by atoms with Crippen molar-refractivity contribution in [3.05, 3.63) is 47.0 Å². The lowest BCUT2D eigenvalue weighted by molar-refractivity contribution is 0.543. The van der Waals surface area contributed by atoms with Crippen LogP contribution in [0.2, 0.25) is 0 Å². The first-order chi connectivity index (χ1) is 7.56. The van der Waals surface area contributed by atoms with Gasteiger partial charge in [-0.05, 0) is 57.4 Å². The minimum absolute atomic E-state index is 0.442. The van der Waals surface area contributed by atoms with Crippen molar-refractivity contribution in [2.45, 2.75) is 39.7 Å². The number of hydrogen-bond acceptors (Lipinski definition) is 1. The quantitative estimate of drug-likeness (QED) is 0.737. The molecule has 1 heteroatoms. The van der Waals surface area contributed by atoms with Crippen LogP contribution >= 0.6 is 0 Å². The molecule has 88 valence electrons. The molecule has 16 heavy (non-hydrogen) atoms. The van der Waals surface area contributed by atoms with Crippen molar-refractivity contribution in [2.24, 2.45) is 0 Å². The van der Waals surface area contributed by atoms with Crippen molar-refractivity contribution < 1.29 is 0 Å². The van der Waals surface area contributed by atoms with E-state index in [1.807, 2.05) is 7.05 Å². The van der Waals surface area contributed by atoms with Gasteiger partial charge in [0.1, 0.15) is 0 Å². The van der Waals surface area contributed by atoms with Crippen LogP contribution in [0.25, 0.3) is 0 Å². The number of aryl methyl sites for hydroxylation is 2. The standard InChI is InChI=1S/C15H23N/c1-11(2)9-10-14(16-5)15-12(3)7-6-8-13(15)4/h6-8,14,16H,1,9-10H2,2-5H3. The predicted octanol–water partition coefficient (Wildman–Crippen LogP) is 3.92. The van der Waals surface area contributed by atoms with E-state index in [1.54, 1.807) is 0 Å². The Hall–Kier alpha value is -1.08. The maximum atomic E-state index is 3.97. The van der Waals surface area contributed by atoms with Crippen LogP contribution < -0.4 is 5.32 Å². The monoisotopic (exact) mass is 217 g/mol. The van der Waals surface area contributed by atoms with Crippen molar-refractivity contribution in [1.82, 2.24) is 5.32 Å². The molecular weight excluding hydrogens is 194 g/mol. The Morgan fingerprint density at radius 1 is 1.31 bits per heavy atom. The van der Waals surface area contributed by atoms with Crippen LogP contribution in [0.4, 0.5) is 0 Å². The largest absolute Gasteiger partial charge is 0.313 e. The van der Waals surface area contributed by atoms with Gasteiger partial charge in [0, 0.05) is 6.04 Å². The molecule has 1 atom stereocenters. The molecule has 0 saturated carbocycles. The van der Waals surface area contributed by atoms with Gasteiger partial charge in [-0.1, -0.05) is 23.8 Å². The Morgan fingerprint density at radius 3 is 2.31 bits per heavy atom. The molecule has 1 nitrogen and oxygen atoms in total. The normalized spacial score (nSPS) is 12.5. The van der Waals surface area contributed by atoms with E-state index in [0.29, 0.717) is 6.04 Å². The fourth-order valence-corrected chi connectivity index (χ4v) is 2.20. The molecule has 0 bridgehead atoms. The second-order valence-electron chi connectivity index (χ2n) is 4.64. The van der Waals surface area contributed by atoms with Crippen LogP contribution in [0.5, 0.6) is 0 Å². The maximum absolute atomic E-state index is 3.97. The van der Waals surface area contributed by atoms with E-state index < -0.39 is 0 Å². The van der Waals surface area contributed by atoms with Gasteiger partial charge >= 0.3 is 0 Å². The van der Waals surface area contributed by atoms with Gasteiger partial charge in [0.2, 0.25) is 0 Å². The molecule has 0 aliphatic heterocycles. The van der Waals surface area contributed by atoms with Crippen molar-refractivity contribution >= 4 is 0 Å². The number of hydrogen-bond donors (Lipinski definition) is 1. The zero-order valence-corrected chi connectivity index (χ0v) is 10.9. The van der Waals surface area contributed by atoms with Gasteiger partial charge in [0.15, 0.2) is 0 Å².